The molecular weight excluding hydrogens is 206 g/mol. The van der Waals surface area contributed by atoms with Crippen LogP contribution in [-0.4, -0.2) is 11.8 Å². The number of hydrogen-bond donors (Lipinski definition) is 3. The van der Waals surface area contributed by atoms with Crippen LogP contribution < -0.4 is 16.6 Å². The zero-order valence-electron chi connectivity index (χ0n) is 10.2. The first-order valence-electron chi connectivity index (χ1n) is 5.67. The highest BCUT2D eigenvalue weighted by molar-refractivity contribution is 5.99. The van der Waals surface area contributed by atoms with Gasteiger partial charge in [-0.15, -0.1) is 0 Å². The second-order valence-electron chi connectivity index (χ2n) is 3.24. The summed E-state index contributed by atoms with van der Waals surface area (Å²) in [4.78, 5) is 22.3. The zero-order chi connectivity index (χ0) is 12.6. The summed E-state index contributed by atoms with van der Waals surface area (Å²) in [6.45, 7) is 5.95. The lowest BCUT2D eigenvalue weighted by atomic mass is 9.89. The number of hydrogen-bond acceptors (Lipinski definition) is 4. The Bertz CT molecular complexity index is 274. The Morgan fingerprint density at radius 3 is 2.62 bits per heavy atom. The summed E-state index contributed by atoms with van der Waals surface area (Å²) in [5, 5.41) is 2.32. The number of carbonyl (C=O) groups is 2. The van der Waals surface area contributed by atoms with E-state index < -0.39 is 0 Å². The van der Waals surface area contributed by atoms with Gasteiger partial charge in [0.25, 0.3) is 0 Å². The maximum Gasteiger partial charge on any atom is 0.233 e. The predicted molar refractivity (Wildman–Crippen MR) is 62.9 cm³/mol. The molecule has 1 saturated heterocycles. The zero-order valence-corrected chi connectivity index (χ0v) is 10.2. The van der Waals surface area contributed by atoms with Crippen LogP contribution in [0, 0.1) is 5.92 Å². The van der Waals surface area contributed by atoms with Crippen molar-refractivity contribution in [3.05, 3.63) is 11.8 Å². The van der Waals surface area contributed by atoms with Crippen molar-refractivity contribution in [2.75, 3.05) is 0 Å². The van der Waals surface area contributed by atoms with Crippen LogP contribution in [0.4, 0.5) is 0 Å². The number of hydrazine groups is 1. The molecule has 0 saturated carbocycles. The molecule has 1 aliphatic rings. The molecule has 1 fully saturated rings. The van der Waals surface area contributed by atoms with Gasteiger partial charge in [0.1, 0.15) is 0 Å². The molecule has 2 amide bonds. The Morgan fingerprint density at radius 2 is 2.19 bits per heavy atom. The van der Waals surface area contributed by atoms with Gasteiger partial charge < -0.3 is 5.43 Å². The predicted octanol–water partition coefficient (Wildman–Crippen LogP) is 0.823. The molecule has 0 radical (unpaired) electrons. The highest BCUT2D eigenvalue weighted by atomic mass is 16.2. The van der Waals surface area contributed by atoms with Crippen molar-refractivity contribution in [1.82, 2.24) is 10.7 Å². The standard InChI is InChI=1S/C9H15N3O2.C2H6/c1-2-6(5-11-10)7-3-4-8(13)12-9(7)14;1-2/h5,7,11H,2-4,10H2,1H3,(H,12,13,14);1-2H3/b6-5+;. The fourth-order valence-corrected chi connectivity index (χ4v) is 1.60. The Labute approximate surface area is 96.4 Å². The van der Waals surface area contributed by atoms with Crippen LogP contribution in [0.5, 0.6) is 0 Å². The van der Waals surface area contributed by atoms with E-state index in [-0.39, 0.29) is 17.7 Å². The van der Waals surface area contributed by atoms with Crippen molar-refractivity contribution in [2.24, 2.45) is 11.8 Å². The van der Waals surface area contributed by atoms with Crippen molar-refractivity contribution in [2.45, 2.75) is 40.0 Å². The molecule has 5 heteroatoms. The lowest BCUT2D eigenvalue weighted by Crippen LogP contribution is -2.41. The first-order valence-corrected chi connectivity index (χ1v) is 5.67. The molecule has 1 rings (SSSR count). The van der Waals surface area contributed by atoms with E-state index in [1.807, 2.05) is 20.8 Å². The molecule has 5 nitrogen and oxygen atoms in total. The van der Waals surface area contributed by atoms with Gasteiger partial charge in [-0.25, -0.2) is 0 Å². The first kappa shape index (κ1) is 14.6. The highest BCUT2D eigenvalue weighted by Crippen LogP contribution is 2.22. The van der Waals surface area contributed by atoms with Gasteiger partial charge in [-0.3, -0.25) is 20.7 Å². The number of rotatable bonds is 3. The average molecular weight is 227 g/mol. The van der Waals surface area contributed by atoms with Crippen molar-refractivity contribution in [3.63, 3.8) is 0 Å². The summed E-state index contributed by atoms with van der Waals surface area (Å²) in [5.74, 6) is 4.54. The molecule has 0 aromatic heterocycles. The van der Waals surface area contributed by atoms with Gasteiger partial charge >= 0.3 is 0 Å². The summed E-state index contributed by atoms with van der Waals surface area (Å²) in [7, 11) is 0. The Morgan fingerprint density at radius 1 is 1.56 bits per heavy atom. The van der Waals surface area contributed by atoms with E-state index in [0.29, 0.717) is 12.8 Å². The van der Waals surface area contributed by atoms with Crippen LogP contribution in [0.25, 0.3) is 0 Å². The van der Waals surface area contributed by atoms with Crippen LogP contribution in [0.3, 0.4) is 0 Å². The minimum Gasteiger partial charge on any atom is -0.331 e. The van der Waals surface area contributed by atoms with Gasteiger partial charge in [-0.05, 0) is 18.4 Å². The number of carbonyl (C=O) groups excluding carboxylic acids is 2. The average Bonchev–Trinajstić information content (AvgIpc) is 2.29. The SMILES string of the molecule is CC.CC/C(=C\NN)C1CCC(=O)NC1=O. The summed E-state index contributed by atoms with van der Waals surface area (Å²) in [5.41, 5.74) is 3.35. The quantitative estimate of drug-likeness (QED) is 0.378. The van der Waals surface area contributed by atoms with Crippen molar-refractivity contribution < 1.29 is 9.59 Å². The van der Waals surface area contributed by atoms with E-state index in [1.54, 1.807) is 6.20 Å². The largest absolute Gasteiger partial charge is 0.331 e. The van der Waals surface area contributed by atoms with Gasteiger partial charge in [0, 0.05) is 12.6 Å². The van der Waals surface area contributed by atoms with E-state index in [0.717, 1.165) is 12.0 Å². The van der Waals surface area contributed by atoms with Crippen LogP contribution >= 0.6 is 0 Å². The number of nitrogens with two attached hydrogens (primary N) is 1. The maximum atomic E-state index is 11.4. The molecule has 92 valence electrons. The fraction of sp³-hybridized carbons (Fsp3) is 0.636. The van der Waals surface area contributed by atoms with Crippen molar-refractivity contribution >= 4 is 11.8 Å². The van der Waals surface area contributed by atoms with Gasteiger partial charge in [-0.2, -0.15) is 0 Å². The number of imide groups is 1. The van der Waals surface area contributed by atoms with E-state index in [1.165, 1.54) is 0 Å². The highest BCUT2D eigenvalue weighted by Gasteiger charge is 2.28. The molecule has 0 aromatic rings. The Balaban J connectivity index is 0.00000106. The normalized spacial score (nSPS) is 20.8. The molecule has 0 spiro atoms. The molecule has 0 aliphatic carbocycles. The van der Waals surface area contributed by atoms with Crippen LogP contribution in [0.15, 0.2) is 11.8 Å². The van der Waals surface area contributed by atoms with Crippen LogP contribution in [0.1, 0.15) is 40.0 Å². The van der Waals surface area contributed by atoms with E-state index in [9.17, 15) is 9.59 Å². The van der Waals surface area contributed by atoms with Crippen LogP contribution in [-0.2, 0) is 9.59 Å². The second kappa shape index (κ2) is 7.87. The third kappa shape index (κ3) is 4.02. The lowest BCUT2D eigenvalue weighted by molar-refractivity contribution is -0.135. The maximum absolute atomic E-state index is 11.4. The Hall–Kier alpha value is -1.36. The van der Waals surface area contributed by atoms with Gasteiger partial charge in [0.15, 0.2) is 0 Å². The minimum absolute atomic E-state index is 0.192. The molecule has 0 bridgehead atoms. The van der Waals surface area contributed by atoms with Gasteiger partial charge in [0.05, 0.1) is 5.92 Å². The minimum atomic E-state index is -0.218. The van der Waals surface area contributed by atoms with Crippen LogP contribution in [0.2, 0.25) is 0 Å². The third-order valence-corrected chi connectivity index (χ3v) is 2.36. The van der Waals surface area contributed by atoms with E-state index >= 15 is 0 Å². The molecule has 16 heavy (non-hydrogen) atoms. The number of nitrogens with one attached hydrogen (secondary N) is 2. The first-order chi connectivity index (χ1) is 7.69. The molecular formula is C11H21N3O2. The molecule has 1 heterocycles. The van der Waals surface area contributed by atoms with Gasteiger partial charge in [0.2, 0.25) is 11.8 Å². The number of piperidine rings is 1. The summed E-state index contributed by atoms with van der Waals surface area (Å²) in [6, 6.07) is 0. The molecule has 0 aromatic carbocycles. The summed E-state index contributed by atoms with van der Waals surface area (Å²) >= 11 is 0. The Kier molecular flexibility index (Phi) is 7.20. The summed E-state index contributed by atoms with van der Waals surface area (Å²) < 4.78 is 0. The van der Waals surface area contributed by atoms with E-state index in [4.69, 9.17) is 5.84 Å². The molecule has 1 atom stereocenters. The molecule has 4 N–H and O–H groups in total. The third-order valence-electron chi connectivity index (χ3n) is 2.36. The van der Waals surface area contributed by atoms with Crippen molar-refractivity contribution in [3.8, 4) is 0 Å². The fourth-order valence-electron chi connectivity index (χ4n) is 1.60. The topological polar surface area (TPSA) is 84.2 Å². The lowest BCUT2D eigenvalue weighted by Gasteiger charge is -2.22. The monoisotopic (exact) mass is 227 g/mol. The molecule has 1 unspecified atom stereocenters. The molecule has 1 aliphatic heterocycles. The van der Waals surface area contributed by atoms with E-state index in [2.05, 4.69) is 10.7 Å². The smallest absolute Gasteiger partial charge is 0.233 e. The van der Waals surface area contributed by atoms with Crippen molar-refractivity contribution in [1.29, 1.82) is 0 Å². The second-order valence-corrected chi connectivity index (χ2v) is 3.24. The summed E-state index contributed by atoms with van der Waals surface area (Å²) in [6.07, 6.45) is 3.35. The van der Waals surface area contributed by atoms with Gasteiger partial charge in [-0.1, -0.05) is 20.8 Å². The number of amides is 2.